The van der Waals surface area contributed by atoms with Crippen LogP contribution in [0.3, 0.4) is 0 Å². The second kappa shape index (κ2) is 4.52. The maximum absolute atomic E-state index is 10.7. The van der Waals surface area contributed by atoms with Crippen LogP contribution >= 0.6 is 0 Å². The molecule has 3 nitrogen and oxygen atoms in total. The van der Waals surface area contributed by atoms with Crippen molar-refractivity contribution in [2.45, 2.75) is 65.6 Å². The highest BCUT2D eigenvalue weighted by molar-refractivity contribution is 5.01. The first kappa shape index (κ1) is 14.9. The molecule has 1 saturated heterocycles. The number of rotatable bonds is 0. The largest absolute Gasteiger partial charge is 0.386 e. The van der Waals surface area contributed by atoms with Crippen LogP contribution in [-0.2, 0) is 4.74 Å². The third-order valence-corrected chi connectivity index (χ3v) is 3.45. The van der Waals surface area contributed by atoms with Gasteiger partial charge in [-0.3, -0.25) is 4.90 Å². The molecule has 17 heavy (non-hydrogen) atoms. The molecule has 0 aromatic heterocycles. The van der Waals surface area contributed by atoms with E-state index in [0.29, 0.717) is 13.2 Å². The number of hydrogen-bond acceptors (Lipinski definition) is 3. The summed E-state index contributed by atoms with van der Waals surface area (Å²) in [6.07, 6.45) is 0. The molecule has 102 valence electrons. The molecule has 1 heterocycles. The molecular formula is C14H29NO2. The van der Waals surface area contributed by atoms with E-state index in [9.17, 15) is 5.11 Å². The van der Waals surface area contributed by atoms with Crippen LogP contribution in [0.1, 0.15) is 48.5 Å². The van der Waals surface area contributed by atoms with Gasteiger partial charge in [-0.2, -0.15) is 0 Å². The summed E-state index contributed by atoms with van der Waals surface area (Å²) in [6.45, 7) is 17.1. The minimum atomic E-state index is -0.804. The molecule has 0 saturated carbocycles. The standard InChI is InChI=1S/C14H29NO2/c1-12(2,3)11-14(7,16)10-17-9-8-15(11)13(4,5)6/h11,16H,8-10H2,1-7H3. The molecule has 0 aliphatic carbocycles. The van der Waals surface area contributed by atoms with Gasteiger partial charge in [0.25, 0.3) is 0 Å². The summed E-state index contributed by atoms with van der Waals surface area (Å²) in [6, 6.07) is 0.0949. The summed E-state index contributed by atoms with van der Waals surface area (Å²) < 4.78 is 5.57. The third-order valence-electron chi connectivity index (χ3n) is 3.45. The van der Waals surface area contributed by atoms with Crippen LogP contribution < -0.4 is 0 Å². The predicted molar refractivity (Wildman–Crippen MR) is 71.1 cm³/mol. The van der Waals surface area contributed by atoms with E-state index in [1.165, 1.54) is 0 Å². The lowest BCUT2D eigenvalue weighted by Gasteiger charge is -2.51. The zero-order valence-electron chi connectivity index (χ0n) is 12.5. The Bertz CT molecular complexity index is 260. The Hall–Kier alpha value is -0.120. The summed E-state index contributed by atoms with van der Waals surface area (Å²) in [5, 5.41) is 10.7. The van der Waals surface area contributed by atoms with Gasteiger partial charge >= 0.3 is 0 Å². The quantitative estimate of drug-likeness (QED) is 0.708. The first-order valence-corrected chi connectivity index (χ1v) is 6.53. The van der Waals surface area contributed by atoms with Crippen molar-refractivity contribution in [3.63, 3.8) is 0 Å². The molecule has 0 radical (unpaired) electrons. The summed E-state index contributed by atoms with van der Waals surface area (Å²) in [4.78, 5) is 2.39. The van der Waals surface area contributed by atoms with Crippen molar-refractivity contribution < 1.29 is 9.84 Å². The lowest BCUT2D eigenvalue weighted by Crippen LogP contribution is -2.63. The molecule has 0 aromatic rings. The summed E-state index contributed by atoms with van der Waals surface area (Å²) >= 11 is 0. The van der Waals surface area contributed by atoms with Gasteiger partial charge in [0.15, 0.2) is 0 Å². The zero-order chi connectivity index (χ0) is 13.5. The highest BCUT2D eigenvalue weighted by Gasteiger charge is 2.48. The van der Waals surface area contributed by atoms with Crippen LogP contribution in [0.2, 0.25) is 0 Å². The average molecular weight is 243 g/mol. The second-order valence-electron chi connectivity index (χ2n) is 7.54. The van der Waals surface area contributed by atoms with E-state index in [1.807, 2.05) is 6.92 Å². The van der Waals surface area contributed by atoms with Gasteiger partial charge in [-0.15, -0.1) is 0 Å². The Labute approximate surface area is 106 Å². The van der Waals surface area contributed by atoms with Gasteiger partial charge in [0.05, 0.1) is 13.2 Å². The fourth-order valence-corrected chi connectivity index (χ4v) is 3.11. The Morgan fingerprint density at radius 1 is 1.18 bits per heavy atom. The van der Waals surface area contributed by atoms with Gasteiger partial charge in [0.2, 0.25) is 0 Å². The van der Waals surface area contributed by atoms with Crippen molar-refractivity contribution in [1.29, 1.82) is 0 Å². The van der Waals surface area contributed by atoms with Crippen molar-refractivity contribution in [3.05, 3.63) is 0 Å². The zero-order valence-corrected chi connectivity index (χ0v) is 12.5. The van der Waals surface area contributed by atoms with E-state index in [0.717, 1.165) is 6.54 Å². The van der Waals surface area contributed by atoms with Crippen LogP contribution in [0.4, 0.5) is 0 Å². The molecule has 0 spiro atoms. The first-order valence-electron chi connectivity index (χ1n) is 6.53. The predicted octanol–water partition coefficient (Wildman–Crippen LogP) is 2.28. The van der Waals surface area contributed by atoms with Crippen LogP contribution in [0.15, 0.2) is 0 Å². The molecule has 1 aliphatic rings. The van der Waals surface area contributed by atoms with Crippen LogP contribution in [-0.4, -0.2) is 46.9 Å². The van der Waals surface area contributed by atoms with Gasteiger partial charge in [-0.1, -0.05) is 20.8 Å². The van der Waals surface area contributed by atoms with E-state index < -0.39 is 5.60 Å². The van der Waals surface area contributed by atoms with E-state index in [1.54, 1.807) is 0 Å². The Balaban J connectivity index is 3.16. The fraction of sp³-hybridized carbons (Fsp3) is 1.00. The van der Waals surface area contributed by atoms with Gasteiger partial charge in [-0.05, 0) is 33.1 Å². The van der Waals surface area contributed by atoms with E-state index in [2.05, 4.69) is 46.4 Å². The van der Waals surface area contributed by atoms with Crippen LogP contribution in [0.25, 0.3) is 0 Å². The maximum atomic E-state index is 10.7. The van der Waals surface area contributed by atoms with Crippen molar-refractivity contribution in [1.82, 2.24) is 4.90 Å². The maximum Gasteiger partial charge on any atom is 0.101 e. The highest BCUT2D eigenvalue weighted by Crippen LogP contribution is 2.37. The molecule has 0 aromatic carbocycles. The number of ether oxygens (including phenoxy) is 1. The van der Waals surface area contributed by atoms with Crippen LogP contribution in [0.5, 0.6) is 0 Å². The molecular weight excluding hydrogens is 214 g/mol. The smallest absolute Gasteiger partial charge is 0.101 e. The molecule has 1 aliphatic heterocycles. The monoisotopic (exact) mass is 243 g/mol. The molecule has 2 unspecified atom stereocenters. The van der Waals surface area contributed by atoms with E-state index >= 15 is 0 Å². The minimum absolute atomic E-state index is 0.0183. The van der Waals surface area contributed by atoms with Gasteiger partial charge in [0.1, 0.15) is 5.60 Å². The Morgan fingerprint density at radius 2 is 1.71 bits per heavy atom. The second-order valence-corrected chi connectivity index (χ2v) is 7.54. The van der Waals surface area contributed by atoms with Gasteiger partial charge in [-0.25, -0.2) is 0 Å². The van der Waals surface area contributed by atoms with E-state index in [4.69, 9.17) is 4.74 Å². The summed E-state index contributed by atoms with van der Waals surface area (Å²) in [5.74, 6) is 0. The Kier molecular flexibility index (Phi) is 3.98. The van der Waals surface area contributed by atoms with Crippen molar-refractivity contribution in [2.75, 3.05) is 19.8 Å². The minimum Gasteiger partial charge on any atom is -0.386 e. The number of hydrogen-bond donors (Lipinski definition) is 1. The van der Waals surface area contributed by atoms with Crippen molar-refractivity contribution >= 4 is 0 Å². The number of aliphatic hydroxyl groups is 1. The van der Waals surface area contributed by atoms with Gasteiger partial charge in [0, 0.05) is 18.1 Å². The first-order chi connectivity index (χ1) is 7.46. The lowest BCUT2D eigenvalue weighted by atomic mass is 9.75. The molecule has 1 fully saturated rings. The lowest BCUT2D eigenvalue weighted by molar-refractivity contribution is -0.109. The normalized spacial score (nSPS) is 33.5. The molecule has 0 bridgehead atoms. The summed E-state index contributed by atoms with van der Waals surface area (Å²) in [7, 11) is 0. The molecule has 1 rings (SSSR count). The Morgan fingerprint density at radius 3 is 2.12 bits per heavy atom. The van der Waals surface area contributed by atoms with Crippen molar-refractivity contribution in [3.8, 4) is 0 Å². The fourth-order valence-electron chi connectivity index (χ4n) is 3.11. The topological polar surface area (TPSA) is 32.7 Å². The SMILES string of the molecule is CC(C)(C)C1N(C(C)(C)C)CCOCC1(C)O. The molecule has 1 N–H and O–H groups in total. The van der Waals surface area contributed by atoms with Crippen molar-refractivity contribution in [2.24, 2.45) is 5.41 Å². The average Bonchev–Trinajstić information content (AvgIpc) is 2.20. The molecule has 2 atom stereocenters. The summed E-state index contributed by atoms with van der Waals surface area (Å²) in [5.41, 5.74) is -0.748. The van der Waals surface area contributed by atoms with E-state index in [-0.39, 0.29) is 17.0 Å². The molecule has 0 amide bonds. The highest BCUT2D eigenvalue weighted by atomic mass is 16.5. The molecule has 3 heteroatoms. The number of nitrogens with zero attached hydrogens (tertiary/aromatic N) is 1. The third kappa shape index (κ3) is 3.43. The van der Waals surface area contributed by atoms with Crippen LogP contribution in [0, 0.1) is 5.41 Å². The van der Waals surface area contributed by atoms with Gasteiger partial charge < -0.3 is 9.84 Å².